The van der Waals surface area contributed by atoms with Crippen molar-refractivity contribution in [3.05, 3.63) is 17.5 Å². The van der Waals surface area contributed by atoms with Crippen molar-refractivity contribution in [1.29, 1.82) is 0 Å². The Hall–Kier alpha value is -2.18. The fourth-order valence-electron chi connectivity index (χ4n) is 2.16. The van der Waals surface area contributed by atoms with E-state index in [1.165, 1.54) is 6.20 Å². The van der Waals surface area contributed by atoms with E-state index >= 15 is 0 Å². The monoisotopic (exact) mass is 279 g/mol. The van der Waals surface area contributed by atoms with Gasteiger partial charge in [0.05, 0.1) is 23.8 Å². The van der Waals surface area contributed by atoms with Crippen molar-refractivity contribution >= 4 is 17.9 Å². The number of aryl methyl sites for hydroxylation is 1. The smallest absolute Gasteiger partial charge is 0.341 e. The third-order valence-corrected chi connectivity index (χ3v) is 3.28. The molecule has 20 heavy (non-hydrogen) atoms. The molecule has 0 bridgehead atoms. The van der Waals surface area contributed by atoms with Crippen LogP contribution in [0, 0.1) is 12.8 Å². The molecule has 1 aromatic heterocycles. The van der Waals surface area contributed by atoms with Crippen molar-refractivity contribution in [1.82, 2.24) is 9.97 Å². The van der Waals surface area contributed by atoms with E-state index in [-0.39, 0.29) is 5.92 Å². The third kappa shape index (κ3) is 2.87. The molecule has 1 aliphatic rings. The largest absolute Gasteiger partial charge is 0.481 e. The fraction of sp³-hybridized carbons (Fsp3) is 0.538. The Bertz CT molecular complexity index is 532. The van der Waals surface area contributed by atoms with Crippen LogP contribution in [0.4, 0.5) is 5.95 Å². The standard InChI is InChI=1S/C13H17N3O4/c1-3-20-12(19)10-6-14-13(15-8(10)2)16-5-4-9(7-16)11(17)18/h6,9H,3-5,7H2,1-2H3,(H,17,18). The van der Waals surface area contributed by atoms with E-state index in [0.717, 1.165) is 0 Å². The summed E-state index contributed by atoms with van der Waals surface area (Å²) in [5.41, 5.74) is 0.872. The highest BCUT2D eigenvalue weighted by Crippen LogP contribution is 2.21. The molecule has 1 aromatic rings. The van der Waals surface area contributed by atoms with Gasteiger partial charge in [-0.2, -0.15) is 0 Å². The van der Waals surface area contributed by atoms with Crippen molar-refractivity contribution < 1.29 is 19.4 Å². The SMILES string of the molecule is CCOC(=O)c1cnc(N2CCC(C(=O)O)C2)nc1C. The summed E-state index contributed by atoms with van der Waals surface area (Å²) < 4.78 is 4.91. The minimum absolute atomic E-state index is 0.298. The van der Waals surface area contributed by atoms with E-state index in [1.54, 1.807) is 13.8 Å². The number of rotatable bonds is 4. The zero-order valence-corrected chi connectivity index (χ0v) is 11.5. The molecule has 0 spiro atoms. The van der Waals surface area contributed by atoms with E-state index in [0.29, 0.717) is 43.3 Å². The first-order valence-electron chi connectivity index (χ1n) is 6.51. The number of ether oxygens (including phenoxy) is 1. The molecule has 2 heterocycles. The second-order valence-corrected chi connectivity index (χ2v) is 4.66. The van der Waals surface area contributed by atoms with Gasteiger partial charge >= 0.3 is 11.9 Å². The summed E-state index contributed by atoms with van der Waals surface area (Å²) in [4.78, 5) is 32.8. The molecule has 1 saturated heterocycles. The molecule has 1 atom stereocenters. The minimum Gasteiger partial charge on any atom is -0.481 e. The van der Waals surface area contributed by atoms with Crippen LogP contribution in [0.2, 0.25) is 0 Å². The molecule has 1 N–H and O–H groups in total. The summed E-state index contributed by atoms with van der Waals surface area (Å²) >= 11 is 0. The molecule has 1 aliphatic heterocycles. The van der Waals surface area contributed by atoms with Crippen LogP contribution in [0.1, 0.15) is 29.4 Å². The van der Waals surface area contributed by atoms with Crippen LogP contribution in [0.5, 0.6) is 0 Å². The van der Waals surface area contributed by atoms with E-state index in [1.807, 2.05) is 4.90 Å². The normalized spacial score (nSPS) is 18.1. The maximum Gasteiger partial charge on any atom is 0.341 e. The van der Waals surface area contributed by atoms with E-state index in [2.05, 4.69) is 9.97 Å². The van der Waals surface area contributed by atoms with Crippen molar-refractivity contribution in [2.75, 3.05) is 24.6 Å². The van der Waals surface area contributed by atoms with Crippen molar-refractivity contribution in [2.45, 2.75) is 20.3 Å². The zero-order valence-electron chi connectivity index (χ0n) is 11.5. The molecule has 0 radical (unpaired) electrons. The topological polar surface area (TPSA) is 92.6 Å². The van der Waals surface area contributed by atoms with Crippen LogP contribution in [0.25, 0.3) is 0 Å². The van der Waals surface area contributed by atoms with Crippen LogP contribution in [-0.2, 0) is 9.53 Å². The Kier molecular flexibility index (Phi) is 4.16. The lowest BCUT2D eigenvalue weighted by atomic mass is 10.1. The molecule has 2 rings (SSSR count). The van der Waals surface area contributed by atoms with Gasteiger partial charge in [-0.15, -0.1) is 0 Å². The molecule has 0 saturated carbocycles. The Morgan fingerprint density at radius 1 is 1.55 bits per heavy atom. The number of carboxylic acid groups (broad SMARTS) is 1. The van der Waals surface area contributed by atoms with Crippen molar-refractivity contribution in [3.8, 4) is 0 Å². The maximum atomic E-state index is 11.6. The number of anilines is 1. The molecule has 1 fully saturated rings. The van der Waals surface area contributed by atoms with Gasteiger partial charge in [-0.25, -0.2) is 14.8 Å². The van der Waals surface area contributed by atoms with Crippen molar-refractivity contribution in [2.24, 2.45) is 5.92 Å². The first-order valence-corrected chi connectivity index (χ1v) is 6.51. The van der Waals surface area contributed by atoms with E-state index in [4.69, 9.17) is 9.84 Å². The Labute approximate surface area is 116 Å². The van der Waals surface area contributed by atoms with Crippen molar-refractivity contribution in [3.63, 3.8) is 0 Å². The molecular formula is C13H17N3O4. The summed E-state index contributed by atoms with van der Waals surface area (Å²) in [6, 6.07) is 0. The number of nitrogens with zero attached hydrogens (tertiary/aromatic N) is 3. The summed E-state index contributed by atoms with van der Waals surface area (Å²) in [5.74, 6) is -1.17. The predicted molar refractivity (Wildman–Crippen MR) is 70.7 cm³/mol. The van der Waals surface area contributed by atoms with Crippen LogP contribution >= 0.6 is 0 Å². The maximum absolute atomic E-state index is 11.6. The Morgan fingerprint density at radius 3 is 2.85 bits per heavy atom. The molecule has 108 valence electrons. The molecular weight excluding hydrogens is 262 g/mol. The fourth-order valence-corrected chi connectivity index (χ4v) is 2.16. The molecule has 7 heteroatoms. The summed E-state index contributed by atoms with van der Waals surface area (Å²) in [6.07, 6.45) is 2.02. The van der Waals surface area contributed by atoms with Crippen LogP contribution in [-0.4, -0.2) is 46.7 Å². The van der Waals surface area contributed by atoms with Crippen LogP contribution in [0.15, 0.2) is 6.20 Å². The number of esters is 1. The van der Waals surface area contributed by atoms with E-state index < -0.39 is 11.9 Å². The van der Waals surface area contributed by atoms with Gasteiger partial charge in [-0.3, -0.25) is 4.79 Å². The van der Waals surface area contributed by atoms with Crippen LogP contribution in [0.3, 0.4) is 0 Å². The third-order valence-electron chi connectivity index (χ3n) is 3.28. The highest BCUT2D eigenvalue weighted by Gasteiger charge is 2.29. The number of hydrogen-bond donors (Lipinski definition) is 1. The Morgan fingerprint density at radius 2 is 2.30 bits per heavy atom. The molecule has 7 nitrogen and oxygen atoms in total. The molecule has 1 unspecified atom stereocenters. The average molecular weight is 279 g/mol. The number of carbonyl (C=O) groups is 2. The van der Waals surface area contributed by atoms with Gasteiger partial charge in [-0.05, 0) is 20.3 Å². The van der Waals surface area contributed by atoms with Gasteiger partial charge in [-0.1, -0.05) is 0 Å². The number of aromatic nitrogens is 2. The lowest BCUT2D eigenvalue weighted by Crippen LogP contribution is -2.25. The summed E-state index contributed by atoms with van der Waals surface area (Å²) in [5, 5.41) is 8.98. The summed E-state index contributed by atoms with van der Waals surface area (Å²) in [7, 11) is 0. The van der Waals surface area contributed by atoms with Gasteiger partial charge < -0.3 is 14.7 Å². The van der Waals surface area contributed by atoms with E-state index in [9.17, 15) is 9.59 Å². The number of hydrogen-bond acceptors (Lipinski definition) is 6. The Balaban J connectivity index is 2.14. The summed E-state index contributed by atoms with van der Waals surface area (Å²) in [6.45, 7) is 4.75. The molecule has 0 aliphatic carbocycles. The zero-order chi connectivity index (χ0) is 14.7. The molecule has 0 amide bonds. The first kappa shape index (κ1) is 14.2. The quantitative estimate of drug-likeness (QED) is 0.817. The van der Waals surface area contributed by atoms with Gasteiger partial charge in [0.1, 0.15) is 0 Å². The van der Waals surface area contributed by atoms with Gasteiger partial charge in [0.2, 0.25) is 5.95 Å². The second kappa shape index (κ2) is 5.85. The highest BCUT2D eigenvalue weighted by atomic mass is 16.5. The lowest BCUT2D eigenvalue weighted by molar-refractivity contribution is -0.140. The van der Waals surface area contributed by atoms with Gasteiger partial charge in [0, 0.05) is 19.3 Å². The average Bonchev–Trinajstić information content (AvgIpc) is 2.88. The first-order chi connectivity index (χ1) is 9.52. The minimum atomic E-state index is -0.799. The number of carbonyl (C=O) groups excluding carboxylic acids is 1. The second-order valence-electron chi connectivity index (χ2n) is 4.66. The van der Waals surface area contributed by atoms with Gasteiger partial charge in [0.15, 0.2) is 0 Å². The lowest BCUT2D eigenvalue weighted by Gasteiger charge is -2.16. The van der Waals surface area contributed by atoms with Crippen LogP contribution < -0.4 is 4.90 Å². The predicted octanol–water partition coefficient (Wildman–Crippen LogP) is 0.873. The number of carboxylic acids is 1. The molecule has 0 aromatic carbocycles. The van der Waals surface area contributed by atoms with Gasteiger partial charge in [0.25, 0.3) is 0 Å². The highest BCUT2D eigenvalue weighted by molar-refractivity contribution is 5.90. The number of aliphatic carboxylic acids is 1.